The van der Waals surface area contributed by atoms with E-state index in [1.54, 1.807) is 0 Å². The summed E-state index contributed by atoms with van der Waals surface area (Å²) in [6, 6.07) is 0. The molecule has 2 aliphatic heterocycles. The van der Waals surface area contributed by atoms with E-state index in [9.17, 15) is 9.59 Å². The van der Waals surface area contributed by atoms with E-state index in [1.807, 2.05) is 12.2 Å². The highest BCUT2D eigenvalue weighted by Gasteiger charge is 2.42. The molecule has 0 radical (unpaired) electrons. The molecule has 0 aromatic rings. The van der Waals surface area contributed by atoms with Gasteiger partial charge in [-0.25, -0.2) is 0 Å². The van der Waals surface area contributed by atoms with Crippen LogP contribution in [0.4, 0.5) is 0 Å². The zero-order valence-electron chi connectivity index (χ0n) is 24.0. The van der Waals surface area contributed by atoms with Gasteiger partial charge in [-0.3, -0.25) is 9.59 Å². The summed E-state index contributed by atoms with van der Waals surface area (Å²) >= 11 is 0. The normalized spacial score (nSPS) is 36.5. The Labute approximate surface area is 224 Å². The molecule has 2 aliphatic carbocycles. The van der Waals surface area contributed by atoms with Gasteiger partial charge in [-0.05, 0) is 86.2 Å². The van der Waals surface area contributed by atoms with Crippen LogP contribution in [-0.4, -0.2) is 24.1 Å². The van der Waals surface area contributed by atoms with Crippen LogP contribution in [0.5, 0.6) is 0 Å². The number of esters is 2. The Morgan fingerprint density at radius 3 is 1.51 bits per heavy atom. The van der Waals surface area contributed by atoms with Crippen LogP contribution in [0.1, 0.15) is 106 Å². The Balaban J connectivity index is 1.58. The second-order valence-corrected chi connectivity index (χ2v) is 13.2. The lowest BCUT2D eigenvalue weighted by Crippen LogP contribution is -2.41. The fourth-order valence-electron chi connectivity index (χ4n) is 7.10. The van der Waals surface area contributed by atoms with Gasteiger partial charge >= 0.3 is 11.9 Å². The minimum atomic E-state index is -0.707. The van der Waals surface area contributed by atoms with Gasteiger partial charge in [0.25, 0.3) is 0 Å². The second kappa shape index (κ2) is 12.4. The standard InChI is InChI=1S/C32H50O5/c1-19(2)25-13-11-21(5)15-29(25)36-31(33)27-17-23-9-7-8-10-24(35-23)18-28(27)32(34)37-30-16-22(6)12-14-26(30)20(3)4/h17-22,25-30H,7-16H2,1-6H3/t21-,22-,25+,26+,27-,28+,29-,30-/m1/s1. The maximum atomic E-state index is 13.8. The number of carbonyl (C=O) groups excluding carboxylic acids is 2. The molecule has 0 unspecified atom stereocenters. The summed E-state index contributed by atoms with van der Waals surface area (Å²) in [4.78, 5) is 27.7. The molecule has 3 fully saturated rings. The molecule has 0 amide bonds. The van der Waals surface area contributed by atoms with Crippen LogP contribution in [0.15, 0.2) is 23.7 Å². The van der Waals surface area contributed by atoms with Crippen LogP contribution < -0.4 is 0 Å². The summed E-state index contributed by atoms with van der Waals surface area (Å²) in [5.41, 5.74) is 0. The molecule has 0 N–H and O–H groups in total. The van der Waals surface area contributed by atoms with Crippen LogP contribution in [0, 0.1) is 47.3 Å². The van der Waals surface area contributed by atoms with Crippen molar-refractivity contribution in [3.63, 3.8) is 0 Å². The first-order chi connectivity index (χ1) is 17.6. The molecular formula is C32H50O5. The van der Waals surface area contributed by atoms with Gasteiger partial charge in [-0.15, -0.1) is 0 Å². The van der Waals surface area contributed by atoms with Crippen LogP contribution >= 0.6 is 0 Å². The predicted octanol–water partition coefficient (Wildman–Crippen LogP) is 7.60. The number of fused-ring (bicyclic) bond motifs is 2. The van der Waals surface area contributed by atoms with Crippen molar-refractivity contribution in [1.82, 2.24) is 0 Å². The van der Waals surface area contributed by atoms with Crippen molar-refractivity contribution in [1.29, 1.82) is 0 Å². The molecule has 5 heteroatoms. The summed E-state index contributed by atoms with van der Waals surface area (Å²) in [7, 11) is 0. The average molecular weight is 515 g/mol. The van der Waals surface area contributed by atoms with Crippen molar-refractivity contribution in [2.24, 2.45) is 47.3 Å². The molecule has 0 aromatic carbocycles. The first-order valence-electron chi connectivity index (χ1n) is 15.1. The van der Waals surface area contributed by atoms with E-state index in [0.29, 0.717) is 35.5 Å². The number of allylic oxidation sites excluding steroid dienone is 2. The van der Waals surface area contributed by atoms with E-state index in [1.165, 1.54) is 12.8 Å². The molecule has 4 aliphatic rings. The van der Waals surface area contributed by atoms with Gasteiger partial charge in [0.15, 0.2) is 0 Å². The fourth-order valence-corrected chi connectivity index (χ4v) is 7.10. The topological polar surface area (TPSA) is 61.8 Å². The van der Waals surface area contributed by atoms with Crippen molar-refractivity contribution in [3.05, 3.63) is 23.7 Å². The number of hydrogen-bond acceptors (Lipinski definition) is 5. The van der Waals surface area contributed by atoms with E-state index >= 15 is 0 Å². The van der Waals surface area contributed by atoms with Gasteiger partial charge in [0, 0.05) is 12.8 Å². The molecule has 37 heavy (non-hydrogen) atoms. The third-order valence-electron chi connectivity index (χ3n) is 9.48. The third kappa shape index (κ3) is 7.00. The van der Waals surface area contributed by atoms with Gasteiger partial charge in [0.05, 0.1) is 11.8 Å². The molecule has 0 spiro atoms. The minimum absolute atomic E-state index is 0.102. The first-order valence-corrected chi connectivity index (χ1v) is 15.1. The van der Waals surface area contributed by atoms with E-state index in [2.05, 4.69) is 41.5 Å². The monoisotopic (exact) mass is 514 g/mol. The molecule has 1 saturated heterocycles. The second-order valence-electron chi connectivity index (χ2n) is 13.2. The van der Waals surface area contributed by atoms with Gasteiger partial charge in [-0.1, -0.05) is 54.4 Å². The Morgan fingerprint density at radius 1 is 0.730 bits per heavy atom. The zero-order chi connectivity index (χ0) is 26.7. The van der Waals surface area contributed by atoms with E-state index in [-0.39, 0.29) is 24.1 Å². The highest BCUT2D eigenvalue weighted by atomic mass is 16.6. The molecular weight excluding hydrogens is 464 g/mol. The van der Waals surface area contributed by atoms with Gasteiger partial charge < -0.3 is 14.2 Å². The number of carbonyl (C=O) groups is 2. The smallest absolute Gasteiger partial charge is 0.314 e. The Hall–Kier alpha value is -1.78. The predicted molar refractivity (Wildman–Crippen MR) is 145 cm³/mol. The van der Waals surface area contributed by atoms with Gasteiger partial charge in [0.1, 0.15) is 23.7 Å². The maximum Gasteiger partial charge on any atom is 0.314 e. The van der Waals surface area contributed by atoms with Crippen molar-refractivity contribution in [3.8, 4) is 0 Å². The van der Waals surface area contributed by atoms with Crippen molar-refractivity contribution < 1.29 is 23.8 Å². The highest BCUT2D eigenvalue weighted by molar-refractivity contribution is 5.85. The third-order valence-corrected chi connectivity index (χ3v) is 9.48. The molecule has 5 nitrogen and oxygen atoms in total. The van der Waals surface area contributed by atoms with Crippen LogP contribution in [0.25, 0.3) is 0 Å². The van der Waals surface area contributed by atoms with Crippen molar-refractivity contribution in [2.75, 3.05) is 0 Å². The van der Waals surface area contributed by atoms with Crippen LogP contribution in [-0.2, 0) is 23.8 Å². The van der Waals surface area contributed by atoms with Gasteiger partial charge in [0.2, 0.25) is 0 Å². The molecule has 8 atom stereocenters. The molecule has 2 saturated carbocycles. The number of rotatable bonds is 6. The lowest BCUT2D eigenvalue weighted by Gasteiger charge is -2.38. The SMILES string of the molecule is CC(C)[C@@H]1CC[C@@H](C)C[C@H]1OC(=O)[C@H]1C=C2CCCCC(=C[C@H]1C(=O)O[C@@H]1C[C@H](C)CC[C@H]1C(C)C)O2. The lowest BCUT2D eigenvalue weighted by molar-refractivity contribution is -0.169. The quantitative estimate of drug-likeness (QED) is 0.342. The number of hydrogen-bond donors (Lipinski definition) is 0. The molecule has 208 valence electrons. The zero-order valence-corrected chi connectivity index (χ0v) is 24.0. The molecule has 2 heterocycles. The van der Waals surface area contributed by atoms with Crippen molar-refractivity contribution >= 4 is 11.9 Å². The van der Waals surface area contributed by atoms with Crippen molar-refractivity contribution in [2.45, 2.75) is 118 Å². The van der Waals surface area contributed by atoms with Gasteiger partial charge in [-0.2, -0.15) is 0 Å². The molecule has 0 aromatic heterocycles. The molecule has 4 rings (SSSR count). The van der Waals surface area contributed by atoms with Crippen LogP contribution in [0.2, 0.25) is 0 Å². The summed E-state index contributed by atoms with van der Waals surface area (Å²) in [6.07, 6.45) is 13.5. The first kappa shape index (κ1) is 28.2. The average Bonchev–Trinajstić information content (AvgIpc) is 3.16. The summed E-state index contributed by atoms with van der Waals surface area (Å²) in [5.74, 6) is 2.27. The maximum absolute atomic E-state index is 13.8. The summed E-state index contributed by atoms with van der Waals surface area (Å²) in [6.45, 7) is 13.4. The van der Waals surface area contributed by atoms with E-state index < -0.39 is 11.8 Å². The van der Waals surface area contributed by atoms with E-state index in [4.69, 9.17) is 14.2 Å². The Bertz CT molecular complexity index is 800. The largest absolute Gasteiger partial charge is 0.467 e. The number of ether oxygens (including phenoxy) is 3. The van der Waals surface area contributed by atoms with Crippen LogP contribution in [0.3, 0.4) is 0 Å². The molecule has 2 bridgehead atoms. The Morgan fingerprint density at radius 2 is 1.14 bits per heavy atom. The fraction of sp³-hybridized carbons (Fsp3) is 0.812. The summed E-state index contributed by atoms with van der Waals surface area (Å²) in [5, 5.41) is 0. The summed E-state index contributed by atoms with van der Waals surface area (Å²) < 4.78 is 18.7. The lowest BCUT2D eigenvalue weighted by atomic mass is 9.75. The highest BCUT2D eigenvalue weighted by Crippen LogP contribution is 2.40. The Kier molecular flexibility index (Phi) is 9.45. The minimum Gasteiger partial charge on any atom is -0.467 e. The van der Waals surface area contributed by atoms with E-state index in [0.717, 1.165) is 62.9 Å².